The molecule has 234 valence electrons. The maximum absolute atomic E-state index is 12.7. The van der Waals surface area contributed by atoms with E-state index < -0.39 is 15.2 Å². The predicted molar refractivity (Wildman–Crippen MR) is 158 cm³/mol. The molecule has 0 heterocycles. The Hall–Kier alpha value is -1.58. The summed E-state index contributed by atoms with van der Waals surface area (Å²) in [6.07, 6.45) is 1.00. The highest BCUT2D eigenvalue weighted by atomic mass is 31.2. The minimum atomic E-state index is -3.27. The van der Waals surface area contributed by atoms with Gasteiger partial charge in [0.1, 0.15) is 6.29 Å². The van der Waals surface area contributed by atoms with Gasteiger partial charge in [-0.15, -0.1) is 0 Å². The molecule has 0 fully saturated rings. The number of benzene rings is 1. The third-order valence-corrected chi connectivity index (χ3v) is 8.92. The summed E-state index contributed by atoms with van der Waals surface area (Å²) in [5.41, 5.74) is 1.01. The molecule has 0 aliphatic carbocycles. The van der Waals surface area contributed by atoms with Gasteiger partial charge in [0, 0.05) is 13.0 Å². The van der Waals surface area contributed by atoms with Crippen LogP contribution in [0, 0.1) is 0 Å². The van der Waals surface area contributed by atoms with Gasteiger partial charge in [0.05, 0.1) is 52.3 Å². The van der Waals surface area contributed by atoms with Crippen molar-refractivity contribution in [1.29, 1.82) is 0 Å². The van der Waals surface area contributed by atoms with Gasteiger partial charge in [-0.3, -0.25) is 23.6 Å². The highest BCUT2D eigenvalue weighted by molar-refractivity contribution is 7.54. The molecule has 0 saturated heterocycles. The van der Waals surface area contributed by atoms with Crippen LogP contribution in [0.2, 0.25) is 0 Å². The second kappa shape index (κ2) is 24.1. The highest BCUT2D eigenvalue weighted by Crippen LogP contribution is 2.49. The zero-order valence-corrected chi connectivity index (χ0v) is 26.1. The van der Waals surface area contributed by atoms with Gasteiger partial charge < -0.3 is 27.6 Å². The lowest BCUT2D eigenvalue weighted by Crippen LogP contribution is -2.32. The third kappa shape index (κ3) is 19.5. The Morgan fingerprint density at radius 3 is 1.65 bits per heavy atom. The summed E-state index contributed by atoms with van der Waals surface area (Å²) >= 11 is 0. The number of ether oxygens (including phenoxy) is 2. The SMILES string of the molecule is C.CCOC(=O)CCCP(=O)(OCC)OCC.CCOC(=O)CN(Cc1ccccc1)CP(=O)(OCC)OCC. The lowest BCUT2D eigenvalue weighted by molar-refractivity contribution is -0.144. The second-order valence-corrected chi connectivity index (χ2v) is 12.2. The molecule has 0 radical (unpaired) electrons. The van der Waals surface area contributed by atoms with Crippen molar-refractivity contribution >= 4 is 27.1 Å². The summed E-state index contributed by atoms with van der Waals surface area (Å²) in [6.45, 7) is 13.0. The van der Waals surface area contributed by atoms with E-state index in [0.717, 1.165) is 5.56 Å². The largest absolute Gasteiger partial charge is 0.466 e. The first-order valence-corrected chi connectivity index (χ1v) is 16.9. The van der Waals surface area contributed by atoms with Crippen LogP contribution in [-0.4, -0.2) is 75.5 Å². The van der Waals surface area contributed by atoms with Crippen LogP contribution in [0.15, 0.2) is 30.3 Å². The topological polar surface area (TPSA) is 127 Å². The van der Waals surface area contributed by atoms with E-state index in [2.05, 4.69) is 0 Å². The molecule has 1 aromatic carbocycles. The van der Waals surface area contributed by atoms with Crippen molar-refractivity contribution in [1.82, 2.24) is 4.90 Å². The second-order valence-electron chi connectivity index (χ2n) is 7.94. The summed E-state index contributed by atoms with van der Waals surface area (Å²) in [6, 6.07) is 9.66. The van der Waals surface area contributed by atoms with Crippen LogP contribution in [0.25, 0.3) is 0 Å². The first-order valence-electron chi connectivity index (χ1n) is 13.4. The molecule has 0 bridgehead atoms. The van der Waals surface area contributed by atoms with Crippen LogP contribution in [-0.2, 0) is 52.8 Å². The average Bonchev–Trinajstić information content (AvgIpc) is 2.86. The fraction of sp³-hybridized carbons (Fsp3) is 0.704. The normalized spacial score (nSPS) is 11.3. The standard InChI is InChI=1S/C16H26NO5P.C10H21O5P.CH4/c1-4-20-16(18)13-17(12-15-10-8-7-9-11-15)14-23(19,21-5-2)22-6-3;1-4-13-10(11)8-7-9-16(12,14-5-2)15-6-3;/h7-11H,4-6,12-14H2,1-3H3;4-9H2,1-3H3;1H4. The summed E-state index contributed by atoms with van der Waals surface area (Å²) in [4.78, 5) is 24.6. The van der Waals surface area contributed by atoms with E-state index >= 15 is 0 Å². The van der Waals surface area contributed by atoms with Crippen molar-refractivity contribution < 1.29 is 46.3 Å². The number of carbonyl (C=O) groups excluding carboxylic acids is 2. The van der Waals surface area contributed by atoms with Crippen LogP contribution >= 0.6 is 15.2 Å². The molecule has 0 spiro atoms. The molecule has 0 atom stereocenters. The maximum atomic E-state index is 12.7. The Morgan fingerprint density at radius 2 is 1.18 bits per heavy atom. The van der Waals surface area contributed by atoms with Gasteiger partial charge in [0.25, 0.3) is 0 Å². The molecule has 11 nitrogen and oxygen atoms in total. The fourth-order valence-corrected chi connectivity index (χ4v) is 6.73. The van der Waals surface area contributed by atoms with Crippen molar-refractivity contribution in [2.45, 2.75) is 68.4 Å². The van der Waals surface area contributed by atoms with Gasteiger partial charge in [-0.1, -0.05) is 37.8 Å². The van der Waals surface area contributed by atoms with Gasteiger partial charge in [-0.05, 0) is 53.5 Å². The zero-order valence-electron chi connectivity index (χ0n) is 24.3. The number of rotatable bonds is 20. The van der Waals surface area contributed by atoms with Crippen molar-refractivity contribution in [3.63, 3.8) is 0 Å². The van der Waals surface area contributed by atoms with Gasteiger partial charge in [-0.2, -0.15) is 0 Å². The molecular formula is C27H51NO10P2. The molecular weight excluding hydrogens is 560 g/mol. The Bertz CT molecular complexity index is 865. The van der Waals surface area contributed by atoms with E-state index in [4.69, 9.17) is 27.6 Å². The number of hydrogen-bond donors (Lipinski definition) is 0. The molecule has 0 N–H and O–H groups in total. The predicted octanol–water partition coefficient (Wildman–Crippen LogP) is 6.51. The number of hydrogen-bond acceptors (Lipinski definition) is 11. The molecule has 0 aromatic heterocycles. The first kappa shape index (κ1) is 40.6. The fourth-order valence-electron chi connectivity index (χ4n) is 3.35. The Balaban J connectivity index is 0. The lowest BCUT2D eigenvalue weighted by Gasteiger charge is -2.26. The molecule has 1 aromatic rings. The number of carbonyl (C=O) groups is 2. The molecule has 13 heteroatoms. The van der Waals surface area contributed by atoms with Gasteiger partial charge in [0.15, 0.2) is 0 Å². The zero-order chi connectivity index (χ0) is 29.6. The number of esters is 2. The molecule has 0 saturated carbocycles. The van der Waals surface area contributed by atoms with E-state index in [-0.39, 0.29) is 58.0 Å². The van der Waals surface area contributed by atoms with Gasteiger partial charge in [0.2, 0.25) is 0 Å². The molecule has 0 aliphatic heterocycles. The maximum Gasteiger partial charge on any atom is 0.344 e. The van der Waals surface area contributed by atoms with Crippen molar-refractivity contribution in [2.24, 2.45) is 0 Å². The van der Waals surface area contributed by atoms with E-state index in [1.807, 2.05) is 30.3 Å². The van der Waals surface area contributed by atoms with Crippen LogP contribution in [0.5, 0.6) is 0 Å². The molecule has 40 heavy (non-hydrogen) atoms. The van der Waals surface area contributed by atoms with Gasteiger partial charge >= 0.3 is 27.1 Å². The minimum Gasteiger partial charge on any atom is -0.466 e. The van der Waals surface area contributed by atoms with Crippen molar-refractivity contribution in [2.75, 3.05) is 58.6 Å². The highest BCUT2D eigenvalue weighted by Gasteiger charge is 2.28. The molecule has 0 aliphatic rings. The van der Waals surface area contributed by atoms with E-state index in [1.165, 1.54) is 0 Å². The summed E-state index contributed by atoms with van der Waals surface area (Å²) < 4.78 is 55.3. The van der Waals surface area contributed by atoms with Crippen LogP contribution in [0.1, 0.15) is 67.4 Å². The summed E-state index contributed by atoms with van der Waals surface area (Å²) in [7, 11) is -6.27. The van der Waals surface area contributed by atoms with E-state index in [1.54, 1.807) is 46.4 Å². The molecule has 0 amide bonds. The van der Waals surface area contributed by atoms with Crippen molar-refractivity contribution in [3.8, 4) is 0 Å². The third-order valence-electron chi connectivity index (χ3n) is 4.70. The minimum absolute atomic E-state index is 0. The Labute approximate surface area is 241 Å². The molecule has 0 unspecified atom stereocenters. The lowest BCUT2D eigenvalue weighted by atomic mass is 10.2. The average molecular weight is 612 g/mol. The van der Waals surface area contributed by atoms with Crippen LogP contribution in [0.3, 0.4) is 0 Å². The molecule has 1 rings (SSSR count). The van der Waals surface area contributed by atoms with Gasteiger partial charge in [-0.25, -0.2) is 0 Å². The van der Waals surface area contributed by atoms with Crippen molar-refractivity contribution in [3.05, 3.63) is 35.9 Å². The quantitative estimate of drug-likeness (QED) is 0.118. The number of nitrogens with zero attached hydrogens (tertiary/aromatic N) is 1. The van der Waals surface area contributed by atoms with Crippen LogP contribution < -0.4 is 0 Å². The summed E-state index contributed by atoms with van der Waals surface area (Å²) in [5, 5.41) is 0. The summed E-state index contributed by atoms with van der Waals surface area (Å²) in [5.74, 6) is -0.634. The van der Waals surface area contributed by atoms with E-state index in [0.29, 0.717) is 39.4 Å². The van der Waals surface area contributed by atoms with Crippen LogP contribution in [0.4, 0.5) is 0 Å². The van der Waals surface area contributed by atoms with E-state index in [9.17, 15) is 18.7 Å². The first-order chi connectivity index (χ1) is 18.6. The Morgan fingerprint density at radius 1 is 0.700 bits per heavy atom. The Kier molecular flexibility index (Phi) is 24.4. The smallest absolute Gasteiger partial charge is 0.344 e. The monoisotopic (exact) mass is 611 g/mol.